The first-order valence-electron chi connectivity index (χ1n) is 4.54. The molecule has 0 bridgehead atoms. The van der Waals surface area contributed by atoms with E-state index in [9.17, 15) is 0 Å². The van der Waals surface area contributed by atoms with Crippen molar-refractivity contribution in [3.63, 3.8) is 0 Å². The van der Waals surface area contributed by atoms with Gasteiger partial charge in [0.05, 0.1) is 5.71 Å². The van der Waals surface area contributed by atoms with Crippen LogP contribution in [0.25, 0.3) is 0 Å². The molecule has 2 nitrogen and oxygen atoms in total. The Kier molecular flexibility index (Phi) is 12.7. The Hall–Kier alpha value is -0.313. The molecular weight excluding hydrogens is 166 g/mol. The minimum Gasteiger partial charge on any atom is -0.411 e. The Morgan fingerprint density at radius 1 is 1.08 bits per heavy atom. The van der Waals surface area contributed by atoms with Gasteiger partial charge in [0.15, 0.2) is 0 Å². The van der Waals surface area contributed by atoms with E-state index in [4.69, 9.17) is 5.21 Å². The van der Waals surface area contributed by atoms with Crippen LogP contribution in [0.2, 0.25) is 0 Å². The maximum Gasteiger partial charge on any atom is 0.0570 e. The summed E-state index contributed by atoms with van der Waals surface area (Å²) in [6.07, 6.45) is 6.56. The lowest BCUT2D eigenvalue weighted by Gasteiger charge is -2.00. The van der Waals surface area contributed by atoms with Crippen LogP contribution in [0.5, 0.6) is 0 Å². The molecule has 4 radical (unpaired) electrons. The van der Waals surface area contributed by atoms with Crippen molar-refractivity contribution in [2.45, 2.75) is 52.4 Å². The smallest absolute Gasteiger partial charge is 0.0570 e. The van der Waals surface area contributed by atoms with Crippen molar-refractivity contribution >= 4 is 16.7 Å². The first kappa shape index (κ1) is 14.2. The van der Waals surface area contributed by atoms with Crippen LogP contribution in [0.1, 0.15) is 52.4 Å². The lowest BCUT2D eigenvalue weighted by atomic mass is 10.1. The molecule has 0 atom stereocenters. The highest BCUT2D eigenvalue weighted by molar-refractivity contribution is 5.83. The molecule has 0 aliphatic heterocycles. The van der Waals surface area contributed by atoms with Gasteiger partial charge in [0.1, 0.15) is 0 Å². The second-order valence-corrected chi connectivity index (χ2v) is 2.87. The maximum absolute atomic E-state index is 8.57. The minimum absolute atomic E-state index is 0. The third-order valence-electron chi connectivity index (χ3n) is 1.78. The molecule has 0 amide bonds. The van der Waals surface area contributed by atoms with Crippen molar-refractivity contribution in [3.8, 4) is 0 Å². The summed E-state index contributed by atoms with van der Waals surface area (Å²) in [7, 11) is 0. The number of hydrogen-bond acceptors (Lipinski definition) is 2. The molecule has 0 saturated carbocycles. The van der Waals surface area contributed by atoms with E-state index in [1.807, 2.05) is 0 Å². The average molecular weight is 185 g/mol. The van der Waals surface area contributed by atoms with Gasteiger partial charge in [-0.1, -0.05) is 31.8 Å². The van der Waals surface area contributed by atoms with E-state index < -0.39 is 0 Å². The lowest BCUT2D eigenvalue weighted by Crippen LogP contribution is -1.97. The van der Waals surface area contributed by atoms with Crippen LogP contribution in [0.3, 0.4) is 0 Å². The zero-order chi connectivity index (χ0) is 8.53. The lowest BCUT2D eigenvalue weighted by molar-refractivity contribution is 0.315. The topological polar surface area (TPSA) is 32.6 Å². The second-order valence-electron chi connectivity index (χ2n) is 2.87. The zero-order valence-corrected chi connectivity index (χ0v) is 9.14. The van der Waals surface area contributed by atoms with Crippen molar-refractivity contribution in [1.82, 2.24) is 0 Å². The summed E-state index contributed by atoms with van der Waals surface area (Å²) in [5, 5.41) is 11.8. The van der Waals surface area contributed by atoms with Crippen LogP contribution in [-0.4, -0.2) is 21.9 Å². The van der Waals surface area contributed by atoms with E-state index >= 15 is 0 Å². The van der Waals surface area contributed by atoms with E-state index in [1.165, 1.54) is 12.8 Å². The van der Waals surface area contributed by atoms with Crippen LogP contribution in [0.4, 0.5) is 0 Å². The van der Waals surface area contributed by atoms with E-state index in [1.54, 1.807) is 0 Å². The van der Waals surface area contributed by atoms with Gasteiger partial charge in [-0.3, -0.25) is 0 Å². The van der Waals surface area contributed by atoms with Gasteiger partial charge in [-0.05, 0) is 25.7 Å². The first-order valence-corrected chi connectivity index (χ1v) is 4.54. The fraction of sp³-hybridized carbons (Fsp3) is 0.889. The van der Waals surface area contributed by atoms with Crippen molar-refractivity contribution in [2.75, 3.05) is 0 Å². The molecule has 0 heterocycles. The number of rotatable bonds is 6. The Morgan fingerprint density at radius 3 is 1.75 bits per heavy atom. The summed E-state index contributed by atoms with van der Waals surface area (Å²) in [6.45, 7) is 4.30. The molecule has 12 heavy (non-hydrogen) atoms. The van der Waals surface area contributed by atoms with Crippen molar-refractivity contribution in [1.29, 1.82) is 0 Å². The average Bonchev–Trinajstić information content (AvgIpc) is 2.05. The molecule has 0 saturated heterocycles. The highest BCUT2D eigenvalue weighted by Crippen LogP contribution is 2.04. The number of nitrogens with zero attached hydrogens (tertiary/aromatic N) is 1. The summed E-state index contributed by atoms with van der Waals surface area (Å²) in [5.74, 6) is 0. The van der Waals surface area contributed by atoms with Crippen molar-refractivity contribution in [2.24, 2.45) is 5.16 Å². The number of hydrogen-bond donors (Lipinski definition) is 1. The summed E-state index contributed by atoms with van der Waals surface area (Å²) in [5.41, 5.74) is 0.966. The fourth-order valence-corrected chi connectivity index (χ4v) is 0.987. The predicted octanol–water partition coefficient (Wildman–Crippen LogP) is 2.82. The van der Waals surface area contributed by atoms with Crippen molar-refractivity contribution in [3.05, 3.63) is 0 Å². The Morgan fingerprint density at radius 2 is 1.50 bits per heavy atom. The number of unbranched alkanes of at least 4 members (excludes halogenated alkanes) is 2. The molecule has 0 aromatic heterocycles. The van der Waals surface area contributed by atoms with E-state index in [-0.39, 0.29) is 11.0 Å². The summed E-state index contributed by atoms with van der Waals surface area (Å²) < 4.78 is 0. The van der Waals surface area contributed by atoms with Crippen LogP contribution in [-0.2, 0) is 0 Å². The summed E-state index contributed by atoms with van der Waals surface area (Å²) in [6, 6.07) is 0. The van der Waals surface area contributed by atoms with Gasteiger partial charge in [-0.15, -0.1) is 0 Å². The molecule has 70 valence electrons. The van der Waals surface area contributed by atoms with Crippen LogP contribution >= 0.6 is 0 Å². The molecule has 0 aliphatic carbocycles. The summed E-state index contributed by atoms with van der Waals surface area (Å²) in [4.78, 5) is 0. The molecule has 1 N–H and O–H groups in total. The van der Waals surface area contributed by atoms with Gasteiger partial charge >= 0.3 is 0 Å². The molecular formula is C9H19NOSi. The van der Waals surface area contributed by atoms with Gasteiger partial charge in [0.25, 0.3) is 0 Å². The van der Waals surface area contributed by atoms with Gasteiger partial charge < -0.3 is 5.21 Å². The molecule has 0 aliphatic rings. The van der Waals surface area contributed by atoms with Crippen LogP contribution in [0.15, 0.2) is 5.16 Å². The largest absolute Gasteiger partial charge is 0.411 e. The molecule has 3 heteroatoms. The monoisotopic (exact) mass is 185 g/mol. The van der Waals surface area contributed by atoms with Gasteiger partial charge in [-0.25, -0.2) is 0 Å². The zero-order valence-electron chi connectivity index (χ0n) is 8.14. The van der Waals surface area contributed by atoms with E-state index in [2.05, 4.69) is 19.0 Å². The van der Waals surface area contributed by atoms with Crippen molar-refractivity contribution < 1.29 is 5.21 Å². The standard InChI is InChI=1S/C9H19NO.Si/c1-3-5-7-9(10-11)8-6-4-2;/h11H,3-8H2,1-2H3;. The molecule has 0 unspecified atom stereocenters. The third kappa shape index (κ3) is 7.79. The minimum atomic E-state index is 0. The molecule has 0 aromatic carbocycles. The summed E-state index contributed by atoms with van der Waals surface area (Å²) >= 11 is 0. The maximum atomic E-state index is 8.57. The van der Waals surface area contributed by atoms with Crippen LogP contribution in [0, 0.1) is 0 Å². The normalized spacial score (nSPS) is 8.83. The molecule has 0 rings (SSSR count). The number of oxime groups is 1. The quantitative estimate of drug-likeness (QED) is 0.293. The predicted molar refractivity (Wildman–Crippen MR) is 54.0 cm³/mol. The van der Waals surface area contributed by atoms with E-state index in [0.29, 0.717) is 0 Å². The highest BCUT2D eigenvalue weighted by Gasteiger charge is 1.97. The molecule has 0 fully saturated rings. The molecule has 0 spiro atoms. The fourth-order valence-electron chi connectivity index (χ4n) is 0.987. The Balaban J connectivity index is 0. The van der Waals surface area contributed by atoms with Gasteiger partial charge in [0.2, 0.25) is 0 Å². The Bertz CT molecular complexity index is 105. The SMILES string of the molecule is CCCCC(CCCC)=NO.[Si]. The van der Waals surface area contributed by atoms with Crippen LogP contribution < -0.4 is 0 Å². The highest BCUT2D eigenvalue weighted by atomic mass is 28.1. The van der Waals surface area contributed by atoms with Gasteiger partial charge in [-0.2, -0.15) is 0 Å². The first-order chi connectivity index (χ1) is 5.35. The third-order valence-corrected chi connectivity index (χ3v) is 1.78. The Labute approximate surface area is 80.1 Å². The van der Waals surface area contributed by atoms with E-state index in [0.717, 1.165) is 31.4 Å². The molecule has 0 aromatic rings. The van der Waals surface area contributed by atoms with Gasteiger partial charge in [0, 0.05) is 11.0 Å². The second kappa shape index (κ2) is 10.7.